The minimum Gasteiger partial charge on any atom is -0.379 e. The Labute approximate surface area is 280 Å². The van der Waals surface area contributed by atoms with Gasteiger partial charge in [0.1, 0.15) is 0 Å². The summed E-state index contributed by atoms with van der Waals surface area (Å²) in [6.45, 7) is 10.5. The van der Waals surface area contributed by atoms with Crippen LogP contribution in [0.5, 0.6) is 0 Å². The summed E-state index contributed by atoms with van der Waals surface area (Å²) in [5.41, 5.74) is 6.81. The van der Waals surface area contributed by atoms with Crippen LogP contribution in [0.3, 0.4) is 0 Å². The molecule has 0 radical (unpaired) electrons. The molecule has 1 aliphatic heterocycles. The number of nitrogens with zero attached hydrogens (tertiary/aromatic N) is 4. The Bertz CT molecular complexity index is 1160. The summed E-state index contributed by atoms with van der Waals surface area (Å²) in [6, 6.07) is 5.21. The van der Waals surface area contributed by atoms with Crippen molar-refractivity contribution < 1.29 is 28.8 Å². The van der Waals surface area contributed by atoms with Gasteiger partial charge >= 0.3 is 0 Å². The highest BCUT2D eigenvalue weighted by Crippen LogP contribution is 2.30. The van der Waals surface area contributed by atoms with Gasteiger partial charge in [0.05, 0.1) is 47.6 Å². The number of hydrogen-bond donors (Lipinski definition) is 1. The number of methoxy groups -OCH3 is 2. The summed E-state index contributed by atoms with van der Waals surface area (Å²) in [7, 11) is 6.53. The van der Waals surface area contributed by atoms with E-state index in [1.54, 1.807) is 68.1 Å². The second kappa shape index (κ2) is 19.1. The number of nitro groups is 1. The van der Waals surface area contributed by atoms with Gasteiger partial charge in [0.2, 0.25) is 17.7 Å². The van der Waals surface area contributed by atoms with Gasteiger partial charge in [-0.25, -0.2) is 0 Å². The average molecular weight is 670 g/mol. The average Bonchev–Trinajstić information content (AvgIpc) is 3.51. The summed E-state index contributed by atoms with van der Waals surface area (Å²) in [5, 5.41) is 11.4. The predicted molar refractivity (Wildman–Crippen MR) is 181 cm³/mol. The van der Waals surface area contributed by atoms with Crippen LogP contribution in [-0.4, -0.2) is 109 Å². The first-order valence-corrected chi connectivity index (χ1v) is 16.1. The number of hydrogen-bond acceptors (Lipinski definition) is 8. The molecular formula is C33H56ClN5O7. The fourth-order valence-corrected chi connectivity index (χ4v) is 6.46. The molecule has 0 bridgehead atoms. The normalized spacial score (nSPS) is 18.6. The number of carbonyl (C=O) groups excluding carboxylic acids is 3. The summed E-state index contributed by atoms with van der Waals surface area (Å²) in [4.78, 5) is 56.6. The van der Waals surface area contributed by atoms with E-state index in [-0.39, 0.29) is 66.2 Å². The summed E-state index contributed by atoms with van der Waals surface area (Å²) >= 11 is 0. The molecule has 0 saturated carbocycles. The maximum absolute atomic E-state index is 13.9. The number of carbonyl (C=O) groups is 3. The van der Waals surface area contributed by atoms with Gasteiger partial charge in [-0.2, -0.15) is 0 Å². The maximum atomic E-state index is 13.9. The lowest BCUT2D eigenvalue weighted by Gasteiger charge is -2.40. The minimum atomic E-state index is -0.653. The van der Waals surface area contributed by atoms with Crippen LogP contribution in [0.4, 0.5) is 5.69 Å². The van der Waals surface area contributed by atoms with Gasteiger partial charge in [-0.15, -0.1) is 12.4 Å². The van der Waals surface area contributed by atoms with Crippen molar-refractivity contribution in [3.05, 3.63) is 39.9 Å². The highest BCUT2D eigenvalue weighted by atomic mass is 35.5. The third kappa shape index (κ3) is 10.1. The number of ether oxygens (including phenoxy) is 2. The standard InChI is InChI=1S/C33H55N5O7.ClH/c1-10-22(4)30(36(7)33(41)29(34)21(2)3)27(44-8)20-28(39)37-18-13-16-26(37)31(45-9)23(5)32(40)35(6)19-17-24-14-11-12-15-25(24)38(42)43;/h11-12,14-15,21-23,26-27,29-31H,10,13,16-20,34H2,1-9H3;1H/t22-,23+,26-,27+,29-,30-,31+;/m0./s1. The Morgan fingerprint density at radius 2 is 1.72 bits per heavy atom. The van der Waals surface area contributed by atoms with Crippen molar-refractivity contribution in [3.63, 3.8) is 0 Å². The molecule has 2 N–H and O–H groups in total. The molecule has 0 spiro atoms. The first-order valence-electron chi connectivity index (χ1n) is 16.1. The summed E-state index contributed by atoms with van der Waals surface area (Å²) in [5.74, 6) is -0.982. The van der Waals surface area contributed by atoms with Crippen molar-refractivity contribution in [1.29, 1.82) is 0 Å². The van der Waals surface area contributed by atoms with Crippen molar-refractivity contribution in [3.8, 4) is 0 Å². The lowest BCUT2D eigenvalue weighted by Crippen LogP contribution is -2.56. The van der Waals surface area contributed by atoms with Crippen LogP contribution in [0, 0.1) is 27.9 Å². The smallest absolute Gasteiger partial charge is 0.272 e. The molecule has 2 rings (SSSR count). The van der Waals surface area contributed by atoms with Crippen LogP contribution in [0.2, 0.25) is 0 Å². The fraction of sp³-hybridized carbons (Fsp3) is 0.727. The number of likely N-dealkylation sites (N-methyl/N-ethyl adjacent to an activating group) is 2. The summed E-state index contributed by atoms with van der Waals surface area (Å²) in [6.07, 6.45) is 1.58. The van der Waals surface area contributed by atoms with Gasteiger partial charge in [0.25, 0.3) is 5.69 Å². The number of benzene rings is 1. The fourth-order valence-electron chi connectivity index (χ4n) is 6.46. The van der Waals surface area contributed by atoms with Crippen LogP contribution >= 0.6 is 12.4 Å². The molecule has 7 atom stereocenters. The lowest BCUT2D eigenvalue weighted by molar-refractivity contribution is -0.385. The predicted octanol–water partition coefficient (Wildman–Crippen LogP) is 3.92. The van der Waals surface area contributed by atoms with Crippen LogP contribution in [0.15, 0.2) is 24.3 Å². The van der Waals surface area contributed by atoms with Crippen molar-refractivity contribution in [2.45, 2.75) is 97.1 Å². The zero-order chi connectivity index (χ0) is 34.0. The quantitative estimate of drug-likeness (QED) is 0.194. The van der Waals surface area contributed by atoms with Gasteiger partial charge in [-0.3, -0.25) is 24.5 Å². The number of amides is 3. The van der Waals surface area contributed by atoms with E-state index in [0.717, 1.165) is 12.8 Å². The molecule has 0 aliphatic carbocycles. The summed E-state index contributed by atoms with van der Waals surface area (Å²) < 4.78 is 11.8. The first kappa shape index (κ1) is 41.2. The molecule has 1 fully saturated rings. The number of para-hydroxylation sites is 1. The molecule has 46 heavy (non-hydrogen) atoms. The molecule has 0 unspecified atom stereocenters. The van der Waals surface area contributed by atoms with Crippen LogP contribution in [-0.2, 0) is 30.3 Å². The van der Waals surface area contributed by atoms with E-state index in [2.05, 4.69) is 0 Å². The van der Waals surface area contributed by atoms with E-state index in [0.29, 0.717) is 31.5 Å². The number of nitrogens with two attached hydrogens (primary N) is 1. The third-order valence-electron chi connectivity index (χ3n) is 9.52. The van der Waals surface area contributed by atoms with Crippen molar-refractivity contribution in [1.82, 2.24) is 14.7 Å². The molecule has 1 heterocycles. The second-order valence-corrected chi connectivity index (χ2v) is 12.8. The Morgan fingerprint density at radius 3 is 2.26 bits per heavy atom. The van der Waals surface area contributed by atoms with Crippen LogP contribution in [0.25, 0.3) is 0 Å². The highest BCUT2D eigenvalue weighted by Gasteiger charge is 2.42. The molecule has 1 aliphatic rings. The first-order chi connectivity index (χ1) is 21.2. The molecule has 1 aromatic rings. The largest absolute Gasteiger partial charge is 0.379 e. The monoisotopic (exact) mass is 669 g/mol. The topological polar surface area (TPSA) is 149 Å². The number of rotatable bonds is 17. The Hall–Kier alpha value is -2.80. The molecule has 1 aromatic carbocycles. The zero-order valence-electron chi connectivity index (χ0n) is 29.0. The van der Waals surface area contributed by atoms with Crippen molar-refractivity contribution in [2.24, 2.45) is 23.5 Å². The molecular weight excluding hydrogens is 614 g/mol. The van der Waals surface area contributed by atoms with Crippen molar-refractivity contribution in [2.75, 3.05) is 41.4 Å². The van der Waals surface area contributed by atoms with Gasteiger partial charge in [-0.05, 0) is 31.1 Å². The van der Waals surface area contributed by atoms with Crippen LogP contribution in [0.1, 0.15) is 65.9 Å². The SMILES string of the molecule is CC[C@H](C)[C@@H]([C@@H](CC(=O)N1CCC[C@H]1[C@H](OC)[C@@H](C)C(=O)N(C)CCc1ccccc1[N+](=O)[O-])OC)N(C)C(=O)[C@@H](N)C(C)C.Cl. The van der Waals surface area contributed by atoms with E-state index >= 15 is 0 Å². The molecule has 13 heteroatoms. The Kier molecular flexibility index (Phi) is 17.1. The zero-order valence-corrected chi connectivity index (χ0v) is 29.8. The van der Waals surface area contributed by atoms with Crippen LogP contribution < -0.4 is 5.73 Å². The van der Waals surface area contributed by atoms with Gasteiger partial charge < -0.3 is 29.9 Å². The number of likely N-dealkylation sites (tertiary alicyclic amines) is 1. The van der Waals surface area contributed by atoms with E-state index < -0.39 is 29.1 Å². The number of halogens is 1. The van der Waals surface area contributed by atoms with E-state index in [1.807, 2.05) is 27.7 Å². The van der Waals surface area contributed by atoms with Gasteiger partial charge in [0, 0.05) is 53.0 Å². The molecule has 12 nitrogen and oxygen atoms in total. The number of nitro benzene ring substituents is 1. The Balaban J connectivity index is 0.0000106. The molecule has 0 aromatic heterocycles. The highest BCUT2D eigenvalue weighted by molar-refractivity contribution is 5.85. The minimum absolute atomic E-state index is 0. The van der Waals surface area contributed by atoms with E-state index in [4.69, 9.17) is 15.2 Å². The van der Waals surface area contributed by atoms with Gasteiger partial charge in [-0.1, -0.05) is 59.2 Å². The van der Waals surface area contributed by atoms with E-state index in [1.165, 1.54) is 6.07 Å². The Morgan fingerprint density at radius 1 is 1.09 bits per heavy atom. The maximum Gasteiger partial charge on any atom is 0.272 e. The lowest BCUT2D eigenvalue weighted by atomic mass is 9.89. The van der Waals surface area contributed by atoms with E-state index in [9.17, 15) is 24.5 Å². The second-order valence-electron chi connectivity index (χ2n) is 12.8. The van der Waals surface area contributed by atoms with Gasteiger partial charge in [0.15, 0.2) is 0 Å². The molecule has 1 saturated heterocycles. The third-order valence-corrected chi connectivity index (χ3v) is 9.52. The molecule has 262 valence electrons. The molecule has 3 amide bonds. The van der Waals surface area contributed by atoms with Crippen molar-refractivity contribution >= 4 is 35.8 Å².